The van der Waals surface area contributed by atoms with Gasteiger partial charge in [-0.15, -0.1) is 5.10 Å². The minimum Gasteiger partial charge on any atom is -0.382 e. The maximum absolute atomic E-state index is 5.15. The van der Waals surface area contributed by atoms with E-state index in [9.17, 15) is 0 Å². The Labute approximate surface area is 157 Å². The fourth-order valence-corrected chi connectivity index (χ4v) is 2.99. The Morgan fingerprint density at radius 3 is 3.04 bits per heavy atom. The van der Waals surface area contributed by atoms with E-state index in [0.717, 1.165) is 17.0 Å². The molecule has 142 valence electrons. The van der Waals surface area contributed by atoms with Crippen LogP contribution in [0.2, 0.25) is 0 Å². The molecule has 2 N–H and O–H groups in total. The van der Waals surface area contributed by atoms with E-state index in [4.69, 9.17) is 4.74 Å². The van der Waals surface area contributed by atoms with Crippen molar-refractivity contribution in [2.75, 3.05) is 19.0 Å². The van der Waals surface area contributed by atoms with Crippen molar-refractivity contribution in [2.24, 2.45) is 16.8 Å². The zero-order chi connectivity index (χ0) is 18.8. The van der Waals surface area contributed by atoms with Gasteiger partial charge in [-0.3, -0.25) is 0 Å². The number of methoxy groups -OCH3 is 1. The average molecular weight is 368 g/mol. The van der Waals surface area contributed by atoms with E-state index in [1.807, 2.05) is 31.6 Å². The molecule has 1 fully saturated rings. The van der Waals surface area contributed by atoms with E-state index in [1.165, 1.54) is 12.8 Å². The third-order valence-electron chi connectivity index (χ3n) is 4.80. The fourth-order valence-electron chi connectivity index (χ4n) is 2.99. The molecule has 0 aromatic carbocycles. The second kappa shape index (κ2) is 7.43. The highest BCUT2D eigenvalue weighted by Crippen LogP contribution is 2.36. The zero-order valence-electron chi connectivity index (χ0n) is 15.8. The van der Waals surface area contributed by atoms with Crippen molar-refractivity contribution in [3.05, 3.63) is 18.5 Å². The van der Waals surface area contributed by atoms with E-state index >= 15 is 0 Å². The molecule has 3 aromatic heterocycles. The number of fused-ring (bicyclic) bond motifs is 1. The molecule has 1 aliphatic carbocycles. The van der Waals surface area contributed by atoms with Gasteiger partial charge in [0.25, 0.3) is 0 Å². The van der Waals surface area contributed by atoms with Crippen LogP contribution in [0, 0.1) is 11.8 Å². The first kappa shape index (κ1) is 17.6. The van der Waals surface area contributed by atoms with Crippen LogP contribution in [0.25, 0.3) is 11.0 Å². The first-order valence-electron chi connectivity index (χ1n) is 9.21. The Morgan fingerprint density at radius 1 is 1.41 bits per heavy atom. The van der Waals surface area contributed by atoms with Gasteiger partial charge in [-0.05, 0) is 37.7 Å². The van der Waals surface area contributed by atoms with Crippen LogP contribution in [0.5, 0.6) is 0 Å². The van der Waals surface area contributed by atoms with E-state index in [-0.39, 0.29) is 6.04 Å². The van der Waals surface area contributed by atoms with Crippen molar-refractivity contribution in [1.82, 2.24) is 29.9 Å². The van der Waals surface area contributed by atoms with Gasteiger partial charge in [-0.25, -0.2) is 9.67 Å². The minimum absolute atomic E-state index is 0.0916. The molecule has 9 nitrogen and oxygen atoms in total. The SMILES string of the molecule is COC[C@@H](C)n1cc(Nc2nc(N=C[C@@H](C)C3CC3)c3cc[nH]c3n2)nn1. The van der Waals surface area contributed by atoms with Gasteiger partial charge in [0, 0.05) is 19.5 Å². The Hall–Kier alpha value is -2.81. The number of hydrogen-bond donors (Lipinski definition) is 2. The number of aromatic nitrogens is 6. The van der Waals surface area contributed by atoms with Crippen molar-refractivity contribution in [1.29, 1.82) is 0 Å². The lowest BCUT2D eigenvalue weighted by molar-refractivity contribution is 0.156. The highest BCUT2D eigenvalue weighted by atomic mass is 16.5. The number of H-pyrrole nitrogens is 1. The topological polar surface area (TPSA) is 106 Å². The van der Waals surface area contributed by atoms with Gasteiger partial charge in [-0.2, -0.15) is 9.97 Å². The molecule has 0 spiro atoms. The Morgan fingerprint density at radius 2 is 2.26 bits per heavy atom. The summed E-state index contributed by atoms with van der Waals surface area (Å²) >= 11 is 0. The molecule has 4 rings (SSSR count). The molecule has 3 aromatic rings. The Bertz CT molecular complexity index is 942. The van der Waals surface area contributed by atoms with E-state index in [1.54, 1.807) is 11.8 Å². The van der Waals surface area contributed by atoms with Crippen LogP contribution in [0.15, 0.2) is 23.5 Å². The summed E-state index contributed by atoms with van der Waals surface area (Å²) < 4.78 is 6.90. The van der Waals surface area contributed by atoms with Crippen molar-refractivity contribution in [3.63, 3.8) is 0 Å². The number of nitrogens with one attached hydrogen (secondary N) is 2. The Balaban J connectivity index is 1.57. The lowest BCUT2D eigenvalue weighted by Crippen LogP contribution is -2.11. The molecule has 2 atom stereocenters. The fraction of sp³-hybridized carbons (Fsp3) is 0.500. The monoisotopic (exact) mass is 368 g/mol. The second-order valence-corrected chi connectivity index (χ2v) is 7.10. The van der Waals surface area contributed by atoms with Crippen LogP contribution in [0.3, 0.4) is 0 Å². The molecular weight excluding hydrogens is 344 g/mol. The summed E-state index contributed by atoms with van der Waals surface area (Å²) in [6.45, 7) is 4.78. The van der Waals surface area contributed by atoms with Gasteiger partial charge >= 0.3 is 0 Å². The van der Waals surface area contributed by atoms with Gasteiger partial charge in [0.1, 0.15) is 5.65 Å². The number of anilines is 2. The van der Waals surface area contributed by atoms with E-state index < -0.39 is 0 Å². The van der Waals surface area contributed by atoms with E-state index in [0.29, 0.717) is 30.1 Å². The van der Waals surface area contributed by atoms with Crippen LogP contribution >= 0.6 is 0 Å². The maximum atomic E-state index is 5.15. The van der Waals surface area contributed by atoms with Gasteiger partial charge < -0.3 is 15.0 Å². The molecule has 0 amide bonds. The molecular formula is C18H24N8O. The normalized spacial score (nSPS) is 16.9. The summed E-state index contributed by atoms with van der Waals surface area (Å²) in [4.78, 5) is 16.8. The number of aromatic amines is 1. The largest absolute Gasteiger partial charge is 0.382 e. The first-order chi connectivity index (χ1) is 13.1. The van der Waals surface area contributed by atoms with E-state index in [2.05, 4.69) is 42.5 Å². The smallest absolute Gasteiger partial charge is 0.232 e. The molecule has 9 heteroatoms. The standard InChI is InChI=1S/C18H24N8O/c1-11(13-4-5-13)8-20-17-14-6-7-19-16(14)22-18(23-17)21-15-9-26(25-24-15)12(2)10-27-3/h6-9,11-13H,4-5,10H2,1-3H3,(H2,19,21,22,23)/t11-,12-/m1/s1. The molecule has 1 saturated carbocycles. The van der Waals surface area contributed by atoms with Gasteiger partial charge in [-0.1, -0.05) is 12.1 Å². The Kier molecular flexibility index (Phi) is 4.85. The summed E-state index contributed by atoms with van der Waals surface area (Å²) in [6, 6.07) is 2.03. The summed E-state index contributed by atoms with van der Waals surface area (Å²) in [5.41, 5.74) is 0.735. The van der Waals surface area contributed by atoms with Crippen molar-refractivity contribution < 1.29 is 4.74 Å². The van der Waals surface area contributed by atoms with Crippen LogP contribution < -0.4 is 5.32 Å². The summed E-state index contributed by atoms with van der Waals surface area (Å²) in [6.07, 6.45) is 8.24. The highest BCUT2D eigenvalue weighted by molar-refractivity contribution is 5.88. The maximum Gasteiger partial charge on any atom is 0.232 e. The predicted molar refractivity (Wildman–Crippen MR) is 104 cm³/mol. The average Bonchev–Trinajstić information content (AvgIpc) is 3.22. The zero-order valence-corrected chi connectivity index (χ0v) is 15.8. The van der Waals surface area contributed by atoms with Crippen molar-refractivity contribution in [3.8, 4) is 0 Å². The number of rotatable bonds is 8. The van der Waals surface area contributed by atoms with Crippen LogP contribution in [-0.4, -0.2) is 49.9 Å². The molecule has 0 saturated heterocycles. The molecule has 0 unspecified atom stereocenters. The van der Waals surface area contributed by atoms with Crippen LogP contribution in [0.4, 0.5) is 17.6 Å². The first-order valence-corrected chi connectivity index (χ1v) is 9.21. The summed E-state index contributed by atoms with van der Waals surface area (Å²) in [5, 5.41) is 12.3. The minimum atomic E-state index is 0.0916. The molecule has 1 aliphatic rings. The van der Waals surface area contributed by atoms with Gasteiger partial charge in [0.15, 0.2) is 11.6 Å². The molecule has 3 heterocycles. The molecule has 0 aliphatic heterocycles. The highest BCUT2D eigenvalue weighted by Gasteiger charge is 2.26. The lowest BCUT2D eigenvalue weighted by Gasteiger charge is -2.08. The van der Waals surface area contributed by atoms with Gasteiger partial charge in [0.05, 0.1) is 24.2 Å². The number of nitrogens with zero attached hydrogens (tertiary/aromatic N) is 6. The quantitative estimate of drug-likeness (QED) is 0.591. The van der Waals surface area contributed by atoms with Gasteiger partial charge in [0.2, 0.25) is 5.95 Å². The van der Waals surface area contributed by atoms with Crippen LogP contribution in [0.1, 0.15) is 32.7 Å². The number of aliphatic imine (C=N–C) groups is 1. The van der Waals surface area contributed by atoms with Crippen molar-refractivity contribution in [2.45, 2.75) is 32.7 Å². The lowest BCUT2D eigenvalue weighted by atomic mass is 10.1. The summed E-state index contributed by atoms with van der Waals surface area (Å²) in [5.74, 6) is 2.88. The number of hydrogen-bond acceptors (Lipinski definition) is 7. The predicted octanol–water partition coefficient (Wildman–Crippen LogP) is 3.25. The third kappa shape index (κ3) is 3.97. The third-order valence-corrected chi connectivity index (χ3v) is 4.80. The second-order valence-electron chi connectivity index (χ2n) is 7.10. The molecule has 0 radical (unpaired) electrons. The molecule has 27 heavy (non-hydrogen) atoms. The van der Waals surface area contributed by atoms with Crippen LogP contribution in [-0.2, 0) is 4.74 Å². The number of ether oxygens (including phenoxy) is 1. The summed E-state index contributed by atoms with van der Waals surface area (Å²) in [7, 11) is 1.66. The van der Waals surface area contributed by atoms with Crippen molar-refractivity contribution >= 4 is 34.8 Å². The molecule has 0 bridgehead atoms.